The van der Waals surface area contributed by atoms with Gasteiger partial charge in [-0.05, 0) is 0 Å². The maximum Gasteiger partial charge on any atom is 1.00 e. The Bertz CT molecular complexity index is 106. The Morgan fingerprint density at radius 3 is 1.09 bits per heavy atom. The van der Waals surface area contributed by atoms with Crippen LogP contribution in [0.25, 0.3) is 0 Å². The summed E-state index contributed by atoms with van der Waals surface area (Å²) in [6, 6.07) is 0. The second-order valence-corrected chi connectivity index (χ2v) is 3.27. The molecule has 0 saturated heterocycles. The Kier molecular flexibility index (Phi) is 10.9. The van der Waals surface area contributed by atoms with Crippen molar-refractivity contribution >= 4 is 16.9 Å². The summed E-state index contributed by atoms with van der Waals surface area (Å²) >= 11 is 0. The van der Waals surface area contributed by atoms with E-state index < -0.39 is 16.9 Å². The van der Waals surface area contributed by atoms with E-state index in [1.54, 1.807) is 0 Å². The Balaban J connectivity index is -0.000000107. The Morgan fingerprint density at radius 1 is 1.09 bits per heavy atom. The first kappa shape index (κ1) is 18.1. The van der Waals surface area contributed by atoms with Crippen LogP contribution in [0.5, 0.6) is 0 Å². The van der Waals surface area contributed by atoms with Crippen molar-refractivity contribution in [3.8, 4) is 0 Å². The van der Waals surface area contributed by atoms with Crippen LogP contribution in [-0.4, -0.2) is 38.0 Å². The zero-order chi connectivity index (χ0) is 9.00. The molecule has 0 aromatic carbocycles. The van der Waals surface area contributed by atoms with Crippen LogP contribution in [0.2, 0.25) is 0 Å². The standard InChI is InChI=1S/Na.H3O4P.H4O4Si/c;2*1-5(2,3)4/h;(H3,1,2,3,4);1-4H/q+1;;/p-1. The molecule has 0 aliphatic heterocycles. The number of hydrogen-bond acceptors (Lipinski definition) is 6. The molecule has 0 aliphatic carbocycles. The van der Waals surface area contributed by atoms with Crippen LogP contribution < -0.4 is 34.5 Å². The molecule has 6 N–H and O–H groups in total. The minimum absolute atomic E-state index is 0. The molecule has 0 radical (unpaired) electrons. The fraction of sp³-hybridized carbons (Fsp3) is 0. The second-order valence-electron chi connectivity index (χ2n) is 1.09. The van der Waals surface area contributed by atoms with Gasteiger partial charge in [-0.25, -0.2) is 0 Å². The maximum atomic E-state index is 8.77. The van der Waals surface area contributed by atoms with Gasteiger partial charge in [-0.3, -0.25) is 4.57 Å². The van der Waals surface area contributed by atoms with Gasteiger partial charge in [0.2, 0.25) is 0 Å². The first-order valence-electron chi connectivity index (χ1n) is 1.66. The topological polar surface area (TPSA) is 162 Å². The molecule has 0 amide bonds. The van der Waals surface area contributed by atoms with Crippen LogP contribution in [-0.2, 0) is 4.57 Å². The van der Waals surface area contributed by atoms with E-state index in [9.17, 15) is 0 Å². The van der Waals surface area contributed by atoms with Crippen molar-refractivity contribution in [3.63, 3.8) is 0 Å². The molecule has 0 aromatic heterocycles. The van der Waals surface area contributed by atoms with E-state index in [1.807, 2.05) is 0 Å². The molecule has 0 aromatic rings. The molecule has 0 heterocycles. The quantitative estimate of drug-likeness (QED) is 0.172. The summed E-state index contributed by atoms with van der Waals surface area (Å²) in [6.45, 7) is 0. The summed E-state index contributed by atoms with van der Waals surface area (Å²) in [5.41, 5.74) is 0. The molecule has 0 unspecified atom stereocenters. The average Bonchev–Trinajstić information content (AvgIpc) is 1.12. The largest absolute Gasteiger partial charge is 1.00 e. The van der Waals surface area contributed by atoms with Crippen molar-refractivity contribution in [1.29, 1.82) is 0 Å². The molecule has 11 heteroatoms. The van der Waals surface area contributed by atoms with E-state index in [0.29, 0.717) is 0 Å². The van der Waals surface area contributed by atoms with Gasteiger partial charge in [0, 0.05) is 0 Å². The van der Waals surface area contributed by atoms with Gasteiger partial charge in [0.25, 0.3) is 7.82 Å². The van der Waals surface area contributed by atoms with Gasteiger partial charge in [0.1, 0.15) is 0 Å². The fourth-order valence-corrected chi connectivity index (χ4v) is 0. The van der Waals surface area contributed by atoms with Gasteiger partial charge >= 0.3 is 38.6 Å². The molecule has 0 fully saturated rings. The first-order chi connectivity index (χ1) is 4.00. The van der Waals surface area contributed by atoms with E-state index in [2.05, 4.69) is 0 Å². The molecule has 8 nitrogen and oxygen atoms in total. The zero-order valence-corrected chi connectivity index (χ0v) is 9.34. The van der Waals surface area contributed by atoms with Crippen molar-refractivity contribution in [3.05, 3.63) is 0 Å². The summed E-state index contributed by atoms with van der Waals surface area (Å²) in [7, 11) is -9.50. The normalized spacial score (nSPS) is 10.8. The molecular weight excluding hydrogens is 210 g/mol. The molecule has 0 atom stereocenters. The predicted octanol–water partition coefficient (Wildman–Crippen LogP) is -7.17. The number of phosphoric acid groups is 1. The molecule has 0 saturated carbocycles. The molecule has 0 spiro atoms. The minimum atomic E-state index is -4.89. The van der Waals surface area contributed by atoms with Crippen LogP contribution in [0, 0.1) is 0 Å². The second kappa shape index (κ2) is 6.66. The smallest absolute Gasteiger partial charge is 0.756 e. The maximum absolute atomic E-state index is 8.77. The van der Waals surface area contributed by atoms with Crippen LogP contribution in [0.4, 0.5) is 0 Å². The molecule has 0 aliphatic rings. The van der Waals surface area contributed by atoms with Gasteiger partial charge in [-0.1, -0.05) is 0 Å². The third kappa shape index (κ3) is 689. The Morgan fingerprint density at radius 2 is 1.09 bits per heavy atom. The summed E-state index contributed by atoms with van der Waals surface area (Å²) in [5, 5.41) is 0. The summed E-state index contributed by atoms with van der Waals surface area (Å²) in [4.78, 5) is 52.2. The van der Waals surface area contributed by atoms with Crippen LogP contribution in [0.1, 0.15) is 0 Å². The van der Waals surface area contributed by atoms with Gasteiger partial charge in [0.15, 0.2) is 0 Å². The monoisotopic (exact) mass is 216 g/mol. The van der Waals surface area contributed by atoms with Crippen molar-refractivity contribution in [1.82, 2.24) is 0 Å². The molecule has 0 bridgehead atoms. The number of hydrogen-bond donors (Lipinski definition) is 6. The van der Waals surface area contributed by atoms with E-state index in [1.165, 1.54) is 0 Å². The van der Waals surface area contributed by atoms with Gasteiger partial charge in [0.05, 0.1) is 0 Å². The Hall–Kier alpha value is 1.17. The molecular formula is H6NaO8PSi. The molecule has 64 valence electrons. The summed E-state index contributed by atoms with van der Waals surface area (Å²) in [6.07, 6.45) is 0. The van der Waals surface area contributed by atoms with Crippen LogP contribution in [0.3, 0.4) is 0 Å². The molecule has 0 rings (SSSR count). The fourth-order valence-electron chi connectivity index (χ4n) is 0. The van der Waals surface area contributed by atoms with E-state index in [-0.39, 0.29) is 29.6 Å². The third-order valence-electron chi connectivity index (χ3n) is 0. The van der Waals surface area contributed by atoms with Crippen molar-refractivity contribution in [2.75, 3.05) is 0 Å². The predicted molar refractivity (Wildman–Crippen MR) is 26.7 cm³/mol. The van der Waals surface area contributed by atoms with Crippen molar-refractivity contribution in [2.45, 2.75) is 0 Å². The van der Waals surface area contributed by atoms with E-state index >= 15 is 0 Å². The zero-order valence-electron chi connectivity index (χ0n) is 5.45. The SMILES string of the molecule is O=P([O-])(O)O.O[Si](O)(O)O.[Na+]. The summed E-state index contributed by atoms with van der Waals surface area (Å²) in [5.74, 6) is 0. The minimum Gasteiger partial charge on any atom is -0.756 e. The van der Waals surface area contributed by atoms with Gasteiger partial charge < -0.3 is 33.9 Å². The molecule has 11 heavy (non-hydrogen) atoms. The van der Waals surface area contributed by atoms with Crippen LogP contribution in [0.15, 0.2) is 0 Å². The van der Waals surface area contributed by atoms with E-state index in [0.717, 1.165) is 0 Å². The Labute approximate surface area is 84.8 Å². The summed E-state index contributed by atoms with van der Waals surface area (Å²) < 4.78 is 8.77. The van der Waals surface area contributed by atoms with Crippen LogP contribution >= 0.6 is 7.82 Å². The van der Waals surface area contributed by atoms with Gasteiger partial charge in [-0.15, -0.1) is 0 Å². The van der Waals surface area contributed by atoms with Gasteiger partial charge in [-0.2, -0.15) is 0 Å². The average molecular weight is 216 g/mol. The number of rotatable bonds is 0. The van der Waals surface area contributed by atoms with E-state index in [4.69, 9.17) is 38.4 Å². The first-order valence-corrected chi connectivity index (χ1v) is 4.98. The van der Waals surface area contributed by atoms with Crippen molar-refractivity contribution in [2.24, 2.45) is 0 Å². The van der Waals surface area contributed by atoms with Crippen molar-refractivity contribution < 1.29 is 68.0 Å². The third-order valence-corrected chi connectivity index (χ3v) is 0.